The van der Waals surface area contributed by atoms with Crippen LogP contribution in [0.2, 0.25) is 0 Å². The molecule has 30 heavy (non-hydrogen) atoms. The summed E-state index contributed by atoms with van der Waals surface area (Å²) in [5.41, 5.74) is 4.99. The van der Waals surface area contributed by atoms with Crippen LogP contribution in [0.3, 0.4) is 0 Å². The number of hydrogen-bond acceptors (Lipinski definition) is 2. The van der Waals surface area contributed by atoms with E-state index in [0.717, 1.165) is 17.2 Å². The van der Waals surface area contributed by atoms with Crippen LogP contribution in [-0.2, 0) is 4.74 Å². The number of nitrogens with one attached hydrogen (secondary N) is 1. The molecule has 0 unspecified atom stereocenters. The fourth-order valence-electron chi connectivity index (χ4n) is 3.75. The van der Waals surface area contributed by atoms with E-state index < -0.39 is 17.7 Å². The van der Waals surface area contributed by atoms with E-state index in [2.05, 4.69) is 29.6 Å². The number of carbonyl (C=O) groups is 1. The largest absolute Gasteiger partial charge is 0.449 e. The number of hydrogen-bond donors (Lipinski definition) is 1. The van der Waals surface area contributed by atoms with Crippen LogP contribution >= 0.6 is 0 Å². The molecule has 0 aromatic heterocycles. The van der Waals surface area contributed by atoms with Crippen molar-refractivity contribution in [1.82, 2.24) is 5.32 Å². The second-order valence-electron chi connectivity index (χ2n) is 7.11. The number of carbonyl (C=O) groups excluding carboxylic acids is 1. The molecule has 1 aliphatic rings. The first-order valence-electron chi connectivity index (χ1n) is 9.84. The Morgan fingerprint density at radius 3 is 2.30 bits per heavy atom. The Kier molecular flexibility index (Phi) is 5.89. The second-order valence-corrected chi connectivity index (χ2v) is 7.11. The van der Waals surface area contributed by atoms with Gasteiger partial charge >= 0.3 is 6.09 Å². The summed E-state index contributed by atoms with van der Waals surface area (Å²) in [6, 6.07) is 19.7. The average molecular weight is 405 g/mol. The average Bonchev–Trinajstić information content (AvgIpc) is 3.07. The highest BCUT2D eigenvalue weighted by Crippen LogP contribution is 2.44. The molecule has 0 fully saturated rings. The van der Waals surface area contributed by atoms with Crippen molar-refractivity contribution in [3.63, 3.8) is 0 Å². The third kappa shape index (κ3) is 4.25. The Labute approximate surface area is 174 Å². The topological polar surface area (TPSA) is 38.3 Å². The fraction of sp³-hybridized carbons (Fsp3) is 0.160. The van der Waals surface area contributed by atoms with Crippen LogP contribution < -0.4 is 5.32 Å². The quantitative estimate of drug-likeness (QED) is 0.518. The summed E-state index contributed by atoms with van der Waals surface area (Å²) in [7, 11) is 0. The SMILES string of the molecule is O=C(NCCC=Cc1ccc(F)cc1F)OCC1c2ccccc2-c2ccccc21. The number of alkyl carbamates (subject to hydrolysis) is 1. The lowest BCUT2D eigenvalue weighted by Crippen LogP contribution is -2.26. The summed E-state index contributed by atoms with van der Waals surface area (Å²) < 4.78 is 31.9. The van der Waals surface area contributed by atoms with Gasteiger partial charge in [-0.15, -0.1) is 0 Å². The highest BCUT2D eigenvalue weighted by Gasteiger charge is 2.28. The van der Waals surface area contributed by atoms with Gasteiger partial charge < -0.3 is 10.1 Å². The molecule has 0 heterocycles. The second kappa shape index (κ2) is 8.91. The lowest BCUT2D eigenvalue weighted by Gasteiger charge is -2.14. The number of halogens is 2. The highest BCUT2D eigenvalue weighted by atomic mass is 19.1. The minimum Gasteiger partial charge on any atom is -0.449 e. The zero-order valence-electron chi connectivity index (χ0n) is 16.3. The highest BCUT2D eigenvalue weighted by molar-refractivity contribution is 5.79. The molecule has 3 nitrogen and oxygen atoms in total. The van der Waals surface area contributed by atoms with Crippen molar-refractivity contribution >= 4 is 12.2 Å². The molecule has 1 amide bonds. The van der Waals surface area contributed by atoms with E-state index >= 15 is 0 Å². The first-order valence-corrected chi connectivity index (χ1v) is 9.84. The summed E-state index contributed by atoms with van der Waals surface area (Å²) in [4.78, 5) is 12.1. The van der Waals surface area contributed by atoms with Gasteiger partial charge in [0.15, 0.2) is 0 Å². The molecule has 1 N–H and O–H groups in total. The predicted octanol–water partition coefficient (Wildman–Crippen LogP) is 5.91. The van der Waals surface area contributed by atoms with Gasteiger partial charge in [-0.1, -0.05) is 60.7 Å². The fourth-order valence-corrected chi connectivity index (χ4v) is 3.75. The van der Waals surface area contributed by atoms with Crippen LogP contribution in [0.25, 0.3) is 17.2 Å². The van der Waals surface area contributed by atoms with E-state index in [-0.39, 0.29) is 12.5 Å². The lowest BCUT2D eigenvalue weighted by atomic mass is 9.98. The van der Waals surface area contributed by atoms with E-state index in [0.29, 0.717) is 18.5 Å². The van der Waals surface area contributed by atoms with E-state index in [1.165, 1.54) is 23.3 Å². The predicted molar refractivity (Wildman–Crippen MR) is 113 cm³/mol. The summed E-state index contributed by atoms with van der Waals surface area (Å²) in [5, 5.41) is 2.70. The molecule has 4 rings (SSSR count). The Hall–Kier alpha value is -3.47. The van der Waals surface area contributed by atoms with Crippen molar-refractivity contribution in [1.29, 1.82) is 0 Å². The minimum atomic E-state index is -0.615. The van der Waals surface area contributed by atoms with Gasteiger partial charge in [0, 0.05) is 24.1 Å². The maximum absolute atomic E-state index is 13.6. The Balaban J connectivity index is 1.28. The van der Waals surface area contributed by atoms with Crippen molar-refractivity contribution in [2.24, 2.45) is 0 Å². The molecule has 0 bridgehead atoms. The van der Waals surface area contributed by atoms with Crippen molar-refractivity contribution in [3.8, 4) is 11.1 Å². The summed E-state index contributed by atoms with van der Waals surface area (Å²) in [6.07, 6.45) is 3.30. The maximum Gasteiger partial charge on any atom is 0.407 e. The molecular weight excluding hydrogens is 384 g/mol. The summed E-state index contributed by atoms with van der Waals surface area (Å²) in [6.45, 7) is 0.618. The van der Waals surface area contributed by atoms with Crippen molar-refractivity contribution < 1.29 is 18.3 Å². The van der Waals surface area contributed by atoms with Crippen LogP contribution in [0.4, 0.5) is 13.6 Å². The molecule has 3 aromatic rings. The number of fused-ring (bicyclic) bond motifs is 3. The number of ether oxygens (including phenoxy) is 1. The molecule has 3 aromatic carbocycles. The van der Waals surface area contributed by atoms with Crippen LogP contribution in [0.5, 0.6) is 0 Å². The van der Waals surface area contributed by atoms with Crippen molar-refractivity contribution in [2.75, 3.05) is 13.2 Å². The van der Waals surface area contributed by atoms with E-state index in [9.17, 15) is 13.6 Å². The Morgan fingerprint density at radius 1 is 0.967 bits per heavy atom. The van der Waals surface area contributed by atoms with Gasteiger partial charge in [0.1, 0.15) is 18.2 Å². The van der Waals surface area contributed by atoms with Crippen LogP contribution in [0.15, 0.2) is 72.8 Å². The van der Waals surface area contributed by atoms with Gasteiger partial charge in [0.25, 0.3) is 0 Å². The van der Waals surface area contributed by atoms with Crippen molar-refractivity contribution in [2.45, 2.75) is 12.3 Å². The lowest BCUT2D eigenvalue weighted by molar-refractivity contribution is 0.143. The van der Waals surface area contributed by atoms with Gasteiger partial charge in [-0.05, 0) is 40.8 Å². The molecule has 0 saturated carbocycles. The zero-order chi connectivity index (χ0) is 20.9. The number of amides is 1. The first kappa shape index (κ1) is 19.8. The molecule has 0 aliphatic heterocycles. The number of benzene rings is 3. The van der Waals surface area contributed by atoms with E-state index in [1.54, 1.807) is 12.2 Å². The Bertz CT molecular complexity index is 1050. The smallest absolute Gasteiger partial charge is 0.407 e. The van der Waals surface area contributed by atoms with Gasteiger partial charge in [-0.25, -0.2) is 13.6 Å². The third-order valence-corrected chi connectivity index (χ3v) is 5.18. The Morgan fingerprint density at radius 2 is 1.63 bits per heavy atom. The molecule has 0 saturated heterocycles. The van der Waals surface area contributed by atoms with Gasteiger partial charge in [-0.2, -0.15) is 0 Å². The molecule has 5 heteroatoms. The monoisotopic (exact) mass is 405 g/mol. The normalized spacial score (nSPS) is 12.6. The van der Waals surface area contributed by atoms with Gasteiger partial charge in [0.2, 0.25) is 0 Å². The van der Waals surface area contributed by atoms with Crippen LogP contribution in [-0.4, -0.2) is 19.2 Å². The maximum atomic E-state index is 13.6. The molecule has 0 spiro atoms. The molecule has 0 radical (unpaired) electrons. The first-order chi connectivity index (χ1) is 14.6. The molecule has 0 atom stereocenters. The van der Waals surface area contributed by atoms with E-state index in [1.807, 2.05) is 24.3 Å². The van der Waals surface area contributed by atoms with E-state index in [4.69, 9.17) is 4.74 Å². The van der Waals surface area contributed by atoms with Crippen LogP contribution in [0.1, 0.15) is 29.0 Å². The summed E-state index contributed by atoms with van der Waals surface area (Å²) in [5.74, 6) is -1.21. The summed E-state index contributed by atoms with van der Waals surface area (Å²) >= 11 is 0. The van der Waals surface area contributed by atoms with Gasteiger partial charge in [-0.3, -0.25) is 0 Å². The number of rotatable bonds is 6. The molecular formula is C25H21F2NO2. The molecule has 152 valence electrons. The minimum absolute atomic E-state index is 0.0181. The molecule has 1 aliphatic carbocycles. The van der Waals surface area contributed by atoms with Gasteiger partial charge in [0.05, 0.1) is 0 Å². The van der Waals surface area contributed by atoms with Crippen molar-refractivity contribution in [3.05, 3.63) is 101 Å². The zero-order valence-corrected chi connectivity index (χ0v) is 16.3. The standard InChI is InChI=1S/C25H21F2NO2/c26-18-13-12-17(24(27)15-18)7-5-6-14-28-25(29)30-16-23-21-10-3-1-8-19(21)20-9-2-4-11-22(20)23/h1-5,7-13,15,23H,6,14,16H2,(H,28,29). The third-order valence-electron chi connectivity index (χ3n) is 5.18. The van der Waals surface area contributed by atoms with Crippen LogP contribution in [0, 0.1) is 11.6 Å².